The molecule has 0 fully saturated rings. The van der Waals surface area contributed by atoms with E-state index in [0.717, 1.165) is 0 Å². The van der Waals surface area contributed by atoms with Crippen molar-refractivity contribution in [1.29, 1.82) is 0 Å². The molecule has 0 unspecified atom stereocenters. The van der Waals surface area contributed by atoms with E-state index in [1.165, 1.54) is 18.3 Å². The second kappa shape index (κ2) is 11.1. The highest BCUT2D eigenvalue weighted by molar-refractivity contribution is 7.89. The third kappa shape index (κ3) is 6.56. The molecule has 0 radical (unpaired) electrons. The minimum atomic E-state index is -3.77. The minimum Gasteiger partial charge on any atom is -0.494 e. The Bertz CT molecular complexity index is 1210. The molecule has 172 valence electrons. The first kappa shape index (κ1) is 23.8. The standard InChI is InChI=1S/C24H24N2O6S/c1-3-30-20-13-11-19(12-14-20)24(27)32-22-15-10-18(16-23(22)31-4-2)17-25-26-33(28,29)21-8-6-5-7-9-21/h5-17,26H,3-4H2,1-2H3/b25-17-. The molecule has 3 rings (SSSR count). The van der Waals surface area contributed by atoms with E-state index in [0.29, 0.717) is 35.8 Å². The summed E-state index contributed by atoms with van der Waals surface area (Å²) >= 11 is 0. The van der Waals surface area contributed by atoms with E-state index in [1.807, 2.05) is 6.92 Å². The molecule has 3 aromatic carbocycles. The van der Waals surface area contributed by atoms with Crippen molar-refractivity contribution in [3.8, 4) is 17.2 Å². The van der Waals surface area contributed by atoms with Gasteiger partial charge in [0.05, 0.1) is 29.9 Å². The topological polar surface area (TPSA) is 103 Å². The minimum absolute atomic E-state index is 0.105. The molecule has 9 heteroatoms. The van der Waals surface area contributed by atoms with Crippen molar-refractivity contribution in [3.05, 3.63) is 83.9 Å². The number of hydrogen-bond donors (Lipinski definition) is 1. The molecule has 0 atom stereocenters. The van der Waals surface area contributed by atoms with Gasteiger partial charge in [-0.25, -0.2) is 9.63 Å². The third-order valence-corrected chi connectivity index (χ3v) is 5.55. The van der Waals surface area contributed by atoms with Gasteiger partial charge in [-0.3, -0.25) is 0 Å². The average molecular weight is 469 g/mol. The van der Waals surface area contributed by atoms with Crippen LogP contribution in [0.15, 0.2) is 82.8 Å². The number of nitrogens with zero attached hydrogens (tertiary/aromatic N) is 1. The molecule has 1 N–H and O–H groups in total. The number of carbonyl (C=O) groups is 1. The smallest absolute Gasteiger partial charge is 0.343 e. The maximum absolute atomic E-state index is 12.5. The van der Waals surface area contributed by atoms with Crippen LogP contribution in [0.25, 0.3) is 0 Å². The van der Waals surface area contributed by atoms with Crippen molar-refractivity contribution in [1.82, 2.24) is 4.83 Å². The summed E-state index contributed by atoms with van der Waals surface area (Å²) in [6.07, 6.45) is 1.33. The number of esters is 1. The van der Waals surface area contributed by atoms with E-state index in [9.17, 15) is 13.2 Å². The van der Waals surface area contributed by atoms with Gasteiger partial charge < -0.3 is 14.2 Å². The molecule has 0 heterocycles. The van der Waals surface area contributed by atoms with E-state index >= 15 is 0 Å². The first-order chi connectivity index (χ1) is 15.9. The van der Waals surface area contributed by atoms with Crippen molar-refractivity contribution in [2.45, 2.75) is 18.7 Å². The van der Waals surface area contributed by atoms with Crippen LogP contribution in [0.5, 0.6) is 17.2 Å². The maximum Gasteiger partial charge on any atom is 0.343 e. The van der Waals surface area contributed by atoms with Crippen LogP contribution in [0.2, 0.25) is 0 Å². The Kier molecular flexibility index (Phi) is 8.04. The van der Waals surface area contributed by atoms with Gasteiger partial charge in [0.2, 0.25) is 0 Å². The van der Waals surface area contributed by atoms with Crippen molar-refractivity contribution < 1.29 is 27.4 Å². The lowest BCUT2D eigenvalue weighted by Crippen LogP contribution is -2.18. The lowest BCUT2D eigenvalue weighted by Gasteiger charge is -2.11. The molecule has 0 spiro atoms. The first-order valence-electron chi connectivity index (χ1n) is 10.2. The predicted octanol–water partition coefficient (Wildman–Crippen LogP) is 4.02. The maximum atomic E-state index is 12.5. The van der Waals surface area contributed by atoms with Gasteiger partial charge in [0.15, 0.2) is 11.5 Å². The molecule has 0 aliphatic heterocycles. The van der Waals surface area contributed by atoms with Gasteiger partial charge in [-0.15, -0.1) is 0 Å². The van der Waals surface area contributed by atoms with Crippen LogP contribution in [0.1, 0.15) is 29.8 Å². The van der Waals surface area contributed by atoms with Crippen LogP contribution in [0, 0.1) is 0 Å². The summed E-state index contributed by atoms with van der Waals surface area (Å²) in [5.74, 6) is 0.677. The number of hydrazone groups is 1. The second-order valence-electron chi connectivity index (χ2n) is 6.65. The summed E-state index contributed by atoms with van der Waals surface area (Å²) in [6.45, 7) is 4.55. The Morgan fingerprint density at radius 1 is 0.909 bits per heavy atom. The second-order valence-corrected chi connectivity index (χ2v) is 8.31. The lowest BCUT2D eigenvalue weighted by molar-refractivity contribution is 0.0728. The predicted molar refractivity (Wildman–Crippen MR) is 125 cm³/mol. The van der Waals surface area contributed by atoms with Crippen molar-refractivity contribution >= 4 is 22.2 Å². The number of nitrogens with one attached hydrogen (secondary N) is 1. The molecular weight excluding hydrogens is 444 g/mol. The normalized spacial score (nSPS) is 11.2. The first-order valence-corrected chi connectivity index (χ1v) is 11.7. The summed E-state index contributed by atoms with van der Waals surface area (Å²) in [6, 6.07) is 19.3. The van der Waals surface area contributed by atoms with Crippen LogP contribution in [0.3, 0.4) is 0 Å². The molecule has 0 aliphatic rings. The fourth-order valence-electron chi connectivity index (χ4n) is 2.79. The SMILES string of the molecule is CCOc1ccc(C(=O)Oc2ccc(/C=N\NS(=O)(=O)c3ccccc3)cc2OCC)cc1. The molecule has 0 aliphatic carbocycles. The third-order valence-electron chi connectivity index (χ3n) is 4.31. The molecule has 0 amide bonds. The van der Waals surface area contributed by atoms with Crippen LogP contribution in [0.4, 0.5) is 0 Å². The zero-order chi connectivity index (χ0) is 23.7. The number of rotatable bonds is 10. The van der Waals surface area contributed by atoms with Crippen molar-refractivity contribution in [3.63, 3.8) is 0 Å². The summed E-state index contributed by atoms with van der Waals surface area (Å²) in [7, 11) is -3.77. The fourth-order valence-corrected chi connectivity index (χ4v) is 3.61. The highest BCUT2D eigenvalue weighted by atomic mass is 32.2. The number of sulfonamides is 1. The highest BCUT2D eigenvalue weighted by Gasteiger charge is 2.14. The monoisotopic (exact) mass is 468 g/mol. The van der Waals surface area contributed by atoms with Gasteiger partial charge in [0.25, 0.3) is 10.0 Å². The van der Waals surface area contributed by atoms with E-state index in [1.54, 1.807) is 67.6 Å². The summed E-state index contributed by atoms with van der Waals surface area (Å²) < 4.78 is 40.9. The van der Waals surface area contributed by atoms with Crippen LogP contribution in [-0.2, 0) is 10.0 Å². The molecule has 0 saturated carbocycles. The van der Waals surface area contributed by atoms with Gasteiger partial charge >= 0.3 is 5.97 Å². The Morgan fingerprint density at radius 2 is 1.61 bits per heavy atom. The van der Waals surface area contributed by atoms with E-state index < -0.39 is 16.0 Å². The molecule has 8 nitrogen and oxygen atoms in total. The summed E-state index contributed by atoms with van der Waals surface area (Å²) in [4.78, 5) is 14.8. The van der Waals surface area contributed by atoms with Crippen LogP contribution >= 0.6 is 0 Å². The number of ether oxygens (including phenoxy) is 3. The lowest BCUT2D eigenvalue weighted by atomic mass is 10.2. The summed E-state index contributed by atoms with van der Waals surface area (Å²) in [5.41, 5.74) is 0.914. The van der Waals surface area contributed by atoms with E-state index in [4.69, 9.17) is 14.2 Å². The van der Waals surface area contributed by atoms with Crippen molar-refractivity contribution in [2.75, 3.05) is 13.2 Å². The van der Waals surface area contributed by atoms with Gasteiger partial charge in [-0.1, -0.05) is 18.2 Å². The quantitative estimate of drug-likeness (QED) is 0.209. The highest BCUT2D eigenvalue weighted by Crippen LogP contribution is 2.29. The molecule has 0 saturated heterocycles. The van der Waals surface area contributed by atoms with Gasteiger partial charge in [-0.2, -0.15) is 13.5 Å². The van der Waals surface area contributed by atoms with Crippen LogP contribution < -0.4 is 19.0 Å². The molecule has 3 aromatic rings. The largest absolute Gasteiger partial charge is 0.494 e. The fraction of sp³-hybridized carbons (Fsp3) is 0.167. The van der Waals surface area contributed by atoms with Gasteiger partial charge in [0.1, 0.15) is 5.75 Å². The van der Waals surface area contributed by atoms with E-state index in [2.05, 4.69) is 9.93 Å². The Labute approximate surface area is 192 Å². The van der Waals surface area contributed by atoms with Gasteiger partial charge in [0, 0.05) is 0 Å². The Hall–Kier alpha value is -3.85. The number of hydrogen-bond acceptors (Lipinski definition) is 7. The van der Waals surface area contributed by atoms with E-state index in [-0.39, 0.29) is 10.6 Å². The molecule has 0 bridgehead atoms. The molecule has 0 aromatic heterocycles. The average Bonchev–Trinajstić information content (AvgIpc) is 2.82. The Morgan fingerprint density at radius 3 is 2.27 bits per heavy atom. The number of benzene rings is 3. The zero-order valence-corrected chi connectivity index (χ0v) is 19.0. The van der Waals surface area contributed by atoms with Crippen molar-refractivity contribution in [2.24, 2.45) is 5.10 Å². The zero-order valence-electron chi connectivity index (χ0n) is 18.2. The number of carbonyl (C=O) groups excluding carboxylic acids is 1. The van der Waals surface area contributed by atoms with Crippen LogP contribution in [-0.4, -0.2) is 33.8 Å². The molecule has 33 heavy (non-hydrogen) atoms. The Balaban J connectivity index is 1.72. The summed E-state index contributed by atoms with van der Waals surface area (Å²) in [5, 5.41) is 3.81. The molecular formula is C24H24N2O6S. The van der Waals surface area contributed by atoms with Gasteiger partial charge in [-0.05, 0) is 74.0 Å².